The highest BCUT2D eigenvalue weighted by molar-refractivity contribution is 6.30. The Morgan fingerprint density at radius 1 is 1.10 bits per heavy atom. The number of carboxylic acids is 1. The zero-order valence-corrected chi connectivity index (χ0v) is 17.0. The first-order valence-electron chi connectivity index (χ1n) is 9.78. The average molecular weight is 424 g/mol. The average Bonchev–Trinajstić information content (AvgIpc) is 2.75. The van der Waals surface area contributed by atoms with Gasteiger partial charge >= 0.3 is 5.97 Å². The molecule has 5 nitrogen and oxygen atoms in total. The van der Waals surface area contributed by atoms with Crippen molar-refractivity contribution in [3.05, 3.63) is 87.9 Å². The Kier molecular flexibility index (Phi) is 6.04. The molecular formula is C24H22ClNO4. The third-order valence-corrected chi connectivity index (χ3v) is 5.47. The maximum absolute atomic E-state index is 11.2. The molecule has 1 aliphatic heterocycles. The van der Waals surface area contributed by atoms with Crippen LogP contribution < -0.4 is 10.1 Å². The van der Waals surface area contributed by atoms with E-state index < -0.39 is 12.1 Å². The molecule has 1 heterocycles. The fraction of sp³-hybridized carbons (Fsp3) is 0.208. The number of aliphatic hydroxyl groups is 1. The number of ether oxygens (including phenoxy) is 1. The van der Waals surface area contributed by atoms with Crippen molar-refractivity contribution < 1.29 is 19.7 Å². The Bertz CT molecular complexity index is 1080. The second kappa shape index (κ2) is 8.88. The summed E-state index contributed by atoms with van der Waals surface area (Å²) in [6, 6.07) is 18.5. The van der Waals surface area contributed by atoms with Gasteiger partial charge in [0.15, 0.2) is 0 Å². The Labute approximate surface area is 179 Å². The predicted molar refractivity (Wildman–Crippen MR) is 116 cm³/mol. The lowest BCUT2D eigenvalue weighted by Gasteiger charge is -2.22. The summed E-state index contributed by atoms with van der Waals surface area (Å²) in [6.45, 7) is 1.52. The van der Waals surface area contributed by atoms with E-state index in [0.717, 1.165) is 46.5 Å². The number of carbonyl (C=O) groups is 1. The van der Waals surface area contributed by atoms with E-state index >= 15 is 0 Å². The van der Waals surface area contributed by atoms with Crippen LogP contribution in [0.4, 0.5) is 0 Å². The summed E-state index contributed by atoms with van der Waals surface area (Å²) >= 11 is 5.97. The van der Waals surface area contributed by atoms with E-state index in [1.807, 2.05) is 30.3 Å². The molecule has 0 fully saturated rings. The number of carboxylic acid groups (broad SMARTS) is 1. The Balaban J connectivity index is 1.36. The molecule has 0 amide bonds. The molecule has 30 heavy (non-hydrogen) atoms. The standard InChI is InChI=1S/C24H22ClNO4/c25-19-3-1-2-16(12-19)22(27)13-26-9-8-15-4-6-21-20-7-5-17(24(28)29)11-18(20)14-30-23(21)10-15/h1-7,10-12,22,26-27H,8-9,13-14H2,(H,28,29)/t22-/m1/s1. The summed E-state index contributed by atoms with van der Waals surface area (Å²) in [6.07, 6.45) is 0.187. The summed E-state index contributed by atoms with van der Waals surface area (Å²) in [5.41, 5.74) is 5.05. The monoisotopic (exact) mass is 423 g/mol. The molecular weight excluding hydrogens is 402 g/mol. The van der Waals surface area contributed by atoms with Gasteiger partial charge in [-0.15, -0.1) is 0 Å². The van der Waals surface area contributed by atoms with Crippen LogP contribution in [0.2, 0.25) is 5.02 Å². The number of hydrogen-bond donors (Lipinski definition) is 3. The van der Waals surface area contributed by atoms with Crippen LogP contribution in [0.15, 0.2) is 60.7 Å². The van der Waals surface area contributed by atoms with Crippen LogP contribution in [-0.4, -0.2) is 29.3 Å². The third kappa shape index (κ3) is 4.49. The molecule has 0 aliphatic carbocycles. The number of hydrogen-bond acceptors (Lipinski definition) is 4. The molecule has 1 atom stereocenters. The molecule has 0 radical (unpaired) electrons. The van der Waals surface area contributed by atoms with E-state index in [9.17, 15) is 9.90 Å². The van der Waals surface area contributed by atoms with Gasteiger partial charge in [0.1, 0.15) is 12.4 Å². The molecule has 0 aromatic heterocycles. The van der Waals surface area contributed by atoms with Crippen molar-refractivity contribution >= 4 is 17.6 Å². The highest BCUT2D eigenvalue weighted by Gasteiger charge is 2.19. The first-order valence-corrected chi connectivity index (χ1v) is 10.2. The fourth-order valence-corrected chi connectivity index (χ4v) is 3.83. The fourth-order valence-electron chi connectivity index (χ4n) is 3.63. The van der Waals surface area contributed by atoms with Crippen LogP contribution in [-0.2, 0) is 13.0 Å². The van der Waals surface area contributed by atoms with E-state index in [1.54, 1.807) is 24.3 Å². The van der Waals surface area contributed by atoms with Crippen molar-refractivity contribution in [2.45, 2.75) is 19.1 Å². The van der Waals surface area contributed by atoms with Gasteiger partial charge in [0, 0.05) is 17.1 Å². The van der Waals surface area contributed by atoms with Gasteiger partial charge in [0.05, 0.1) is 11.7 Å². The lowest BCUT2D eigenvalue weighted by atomic mass is 9.94. The number of benzene rings is 3. The molecule has 3 N–H and O–H groups in total. The number of aromatic carboxylic acids is 1. The van der Waals surface area contributed by atoms with E-state index in [4.69, 9.17) is 21.4 Å². The van der Waals surface area contributed by atoms with Crippen LogP contribution in [0.1, 0.15) is 33.2 Å². The quantitative estimate of drug-likeness (QED) is 0.489. The molecule has 0 spiro atoms. The number of rotatable bonds is 7. The highest BCUT2D eigenvalue weighted by atomic mass is 35.5. The first-order chi connectivity index (χ1) is 14.5. The molecule has 1 aliphatic rings. The van der Waals surface area contributed by atoms with Gasteiger partial charge in [0.2, 0.25) is 0 Å². The molecule has 0 saturated carbocycles. The first kappa shape index (κ1) is 20.4. The SMILES string of the molecule is O=C(O)c1ccc2c(c1)COc1cc(CCNC[C@@H](O)c3cccc(Cl)c3)ccc1-2. The molecule has 0 saturated heterocycles. The zero-order valence-electron chi connectivity index (χ0n) is 16.3. The van der Waals surface area contributed by atoms with E-state index in [0.29, 0.717) is 18.2 Å². The second-order valence-electron chi connectivity index (χ2n) is 7.32. The van der Waals surface area contributed by atoms with Gasteiger partial charge < -0.3 is 20.3 Å². The van der Waals surface area contributed by atoms with Crippen LogP contribution in [0.3, 0.4) is 0 Å². The molecule has 0 bridgehead atoms. The van der Waals surface area contributed by atoms with Crippen molar-refractivity contribution in [2.75, 3.05) is 13.1 Å². The van der Waals surface area contributed by atoms with Crippen LogP contribution in [0.25, 0.3) is 11.1 Å². The minimum absolute atomic E-state index is 0.267. The van der Waals surface area contributed by atoms with E-state index in [-0.39, 0.29) is 5.56 Å². The maximum Gasteiger partial charge on any atom is 0.335 e. The van der Waals surface area contributed by atoms with Crippen LogP contribution in [0.5, 0.6) is 5.75 Å². The van der Waals surface area contributed by atoms with Crippen molar-refractivity contribution in [1.29, 1.82) is 0 Å². The maximum atomic E-state index is 11.2. The van der Waals surface area contributed by atoms with Crippen molar-refractivity contribution in [3.63, 3.8) is 0 Å². The van der Waals surface area contributed by atoms with Gasteiger partial charge in [-0.05, 0) is 65.6 Å². The van der Waals surface area contributed by atoms with Gasteiger partial charge in [-0.1, -0.05) is 41.9 Å². The zero-order chi connectivity index (χ0) is 21.1. The minimum atomic E-state index is -0.938. The Morgan fingerprint density at radius 3 is 2.73 bits per heavy atom. The van der Waals surface area contributed by atoms with Crippen LogP contribution >= 0.6 is 11.6 Å². The Morgan fingerprint density at radius 2 is 1.93 bits per heavy atom. The third-order valence-electron chi connectivity index (χ3n) is 5.23. The second-order valence-corrected chi connectivity index (χ2v) is 7.76. The van der Waals surface area contributed by atoms with E-state index in [1.165, 1.54) is 0 Å². The molecule has 154 valence electrons. The van der Waals surface area contributed by atoms with Crippen molar-refractivity contribution in [3.8, 4) is 16.9 Å². The summed E-state index contributed by atoms with van der Waals surface area (Å²) in [7, 11) is 0. The summed E-state index contributed by atoms with van der Waals surface area (Å²) in [4.78, 5) is 11.2. The summed E-state index contributed by atoms with van der Waals surface area (Å²) in [5.74, 6) is -0.131. The topological polar surface area (TPSA) is 78.8 Å². The predicted octanol–water partition coefficient (Wildman–Crippen LogP) is 4.46. The number of aliphatic hydroxyl groups excluding tert-OH is 1. The molecule has 4 rings (SSSR count). The smallest absolute Gasteiger partial charge is 0.335 e. The van der Waals surface area contributed by atoms with Crippen LogP contribution in [0, 0.1) is 0 Å². The van der Waals surface area contributed by atoms with Crippen molar-refractivity contribution in [2.24, 2.45) is 0 Å². The van der Waals surface area contributed by atoms with Gasteiger partial charge in [-0.25, -0.2) is 4.79 Å². The molecule has 6 heteroatoms. The van der Waals surface area contributed by atoms with Gasteiger partial charge in [-0.3, -0.25) is 0 Å². The van der Waals surface area contributed by atoms with Gasteiger partial charge in [0.25, 0.3) is 0 Å². The normalized spacial score (nSPS) is 13.1. The number of fused-ring (bicyclic) bond motifs is 3. The Hall–Kier alpha value is -2.86. The molecule has 3 aromatic carbocycles. The summed E-state index contributed by atoms with van der Waals surface area (Å²) in [5, 5.41) is 23.3. The summed E-state index contributed by atoms with van der Waals surface area (Å²) < 4.78 is 5.87. The molecule has 0 unspecified atom stereocenters. The number of nitrogens with one attached hydrogen (secondary N) is 1. The lowest BCUT2D eigenvalue weighted by Crippen LogP contribution is -2.23. The van der Waals surface area contributed by atoms with E-state index in [2.05, 4.69) is 11.4 Å². The van der Waals surface area contributed by atoms with Gasteiger partial charge in [-0.2, -0.15) is 0 Å². The number of halogens is 1. The molecule has 3 aromatic rings. The lowest BCUT2D eigenvalue weighted by molar-refractivity contribution is 0.0696. The van der Waals surface area contributed by atoms with Crippen molar-refractivity contribution in [1.82, 2.24) is 5.32 Å². The largest absolute Gasteiger partial charge is 0.488 e. The highest BCUT2D eigenvalue weighted by Crippen LogP contribution is 2.38. The minimum Gasteiger partial charge on any atom is -0.488 e.